The molecule has 2 aromatic carbocycles. The number of hydrogen-bond acceptors (Lipinski definition) is 4. The molecule has 0 spiro atoms. The van der Waals surface area contributed by atoms with E-state index < -0.39 is 0 Å². The molecule has 0 unspecified atom stereocenters. The third kappa shape index (κ3) is 4.71. The molecule has 7 heteroatoms. The topological polar surface area (TPSA) is 49.0 Å². The van der Waals surface area contributed by atoms with Crippen molar-refractivity contribution in [1.29, 1.82) is 0 Å². The number of hydrogen-bond donors (Lipinski definition) is 0. The summed E-state index contributed by atoms with van der Waals surface area (Å²) in [6, 6.07) is 17.8. The smallest absolute Gasteiger partial charge is 0.278 e. The van der Waals surface area contributed by atoms with Crippen LogP contribution in [0.1, 0.15) is 12.0 Å². The standard InChI is InChI=1S/C24H24ClN3O2S/c1-27-15-20(18-9-4-3-5-10-18)21-22(27)23(29)28(12-7-13-30-2)24(26-21)31-16-17-8-6-11-19(25)14-17/h3-6,8-11,14-15H,7,12-13,16H2,1-2H3. The summed E-state index contributed by atoms with van der Waals surface area (Å²) in [6.45, 7) is 1.14. The van der Waals surface area contributed by atoms with Gasteiger partial charge >= 0.3 is 0 Å². The number of aromatic nitrogens is 3. The molecule has 0 N–H and O–H groups in total. The van der Waals surface area contributed by atoms with Crippen LogP contribution in [0.25, 0.3) is 22.2 Å². The van der Waals surface area contributed by atoms with Gasteiger partial charge in [-0.25, -0.2) is 4.98 Å². The summed E-state index contributed by atoms with van der Waals surface area (Å²) in [5, 5.41) is 1.41. The maximum absolute atomic E-state index is 13.5. The Morgan fingerprint density at radius 1 is 1.13 bits per heavy atom. The summed E-state index contributed by atoms with van der Waals surface area (Å²) in [5.41, 5.74) is 4.41. The number of benzene rings is 2. The summed E-state index contributed by atoms with van der Waals surface area (Å²) in [5.74, 6) is 0.677. The average molecular weight is 454 g/mol. The molecule has 5 nitrogen and oxygen atoms in total. The van der Waals surface area contributed by atoms with E-state index in [1.807, 2.05) is 72.4 Å². The highest BCUT2D eigenvalue weighted by Crippen LogP contribution is 2.30. The van der Waals surface area contributed by atoms with Crippen molar-refractivity contribution in [1.82, 2.24) is 14.1 Å². The number of aryl methyl sites for hydroxylation is 1. The summed E-state index contributed by atoms with van der Waals surface area (Å²) in [4.78, 5) is 18.5. The van der Waals surface area contributed by atoms with Crippen LogP contribution in [0.2, 0.25) is 5.02 Å². The molecule has 0 atom stereocenters. The quantitative estimate of drug-likeness (QED) is 0.204. The van der Waals surface area contributed by atoms with Crippen LogP contribution in [0.15, 0.2) is 70.7 Å². The molecule has 0 fully saturated rings. The fraction of sp³-hybridized carbons (Fsp3) is 0.250. The van der Waals surface area contributed by atoms with Crippen LogP contribution >= 0.6 is 23.4 Å². The predicted molar refractivity (Wildman–Crippen MR) is 128 cm³/mol. The van der Waals surface area contributed by atoms with E-state index in [-0.39, 0.29) is 5.56 Å². The average Bonchev–Trinajstić information content (AvgIpc) is 3.11. The van der Waals surface area contributed by atoms with Gasteiger partial charge in [0.25, 0.3) is 5.56 Å². The van der Waals surface area contributed by atoms with Gasteiger partial charge in [-0.3, -0.25) is 9.36 Å². The Hall–Kier alpha value is -2.54. The van der Waals surface area contributed by atoms with Gasteiger partial charge in [-0.1, -0.05) is 65.8 Å². The van der Waals surface area contributed by atoms with Crippen LogP contribution < -0.4 is 5.56 Å². The second kappa shape index (κ2) is 9.73. The lowest BCUT2D eigenvalue weighted by Crippen LogP contribution is -2.25. The normalized spacial score (nSPS) is 11.3. The van der Waals surface area contributed by atoms with E-state index in [0.29, 0.717) is 34.6 Å². The molecule has 0 radical (unpaired) electrons. The van der Waals surface area contributed by atoms with Crippen LogP contribution in [0.5, 0.6) is 0 Å². The zero-order chi connectivity index (χ0) is 21.8. The Labute approximate surface area is 190 Å². The summed E-state index contributed by atoms with van der Waals surface area (Å²) >= 11 is 7.69. The van der Waals surface area contributed by atoms with Gasteiger partial charge in [-0.15, -0.1) is 0 Å². The van der Waals surface area contributed by atoms with Gasteiger partial charge in [-0.05, 0) is 29.7 Å². The molecule has 0 amide bonds. The third-order valence-electron chi connectivity index (χ3n) is 5.11. The highest BCUT2D eigenvalue weighted by atomic mass is 35.5. The van der Waals surface area contributed by atoms with Gasteiger partial charge in [0.05, 0.1) is 0 Å². The molecule has 2 heterocycles. The molecule has 31 heavy (non-hydrogen) atoms. The lowest BCUT2D eigenvalue weighted by atomic mass is 10.1. The Morgan fingerprint density at radius 3 is 2.68 bits per heavy atom. The van der Waals surface area contributed by atoms with Crippen molar-refractivity contribution in [3.8, 4) is 11.1 Å². The first kappa shape index (κ1) is 21.7. The van der Waals surface area contributed by atoms with E-state index in [1.54, 1.807) is 23.4 Å². The zero-order valence-electron chi connectivity index (χ0n) is 17.5. The molecular formula is C24H24ClN3O2S. The van der Waals surface area contributed by atoms with Crippen molar-refractivity contribution in [2.45, 2.75) is 23.9 Å². The second-order valence-corrected chi connectivity index (χ2v) is 8.71. The second-order valence-electron chi connectivity index (χ2n) is 7.33. The van der Waals surface area contributed by atoms with Gasteiger partial charge in [0.15, 0.2) is 5.16 Å². The van der Waals surface area contributed by atoms with Crippen molar-refractivity contribution in [3.63, 3.8) is 0 Å². The van der Waals surface area contributed by atoms with Gasteiger partial charge in [0, 0.05) is 49.8 Å². The number of thioether (sulfide) groups is 1. The summed E-state index contributed by atoms with van der Waals surface area (Å²) in [6.07, 6.45) is 2.73. The maximum Gasteiger partial charge on any atom is 0.278 e. The third-order valence-corrected chi connectivity index (χ3v) is 6.40. The SMILES string of the molecule is COCCCn1c(SCc2cccc(Cl)c2)nc2c(-c3ccccc3)cn(C)c2c1=O. The molecule has 160 valence electrons. The van der Waals surface area contributed by atoms with Crippen molar-refractivity contribution in [2.75, 3.05) is 13.7 Å². The van der Waals surface area contributed by atoms with Crippen LogP contribution in [0.4, 0.5) is 0 Å². The number of fused-ring (bicyclic) bond motifs is 1. The van der Waals surface area contributed by atoms with Crippen molar-refractivity contribution in [2.24, 2.45) is 7.05 Å². The monoisotopic (exact) mass is 453 g/mol. The first-order valence-electron chi connectivity index (χ1n) is 10.1. The summed E-state index contributed by atoms with van der Waals surface area (Å²) < 4.78 is 8.85. The largest absolute Gasteiger partial charge is 0.385 e. The number of ether oxygens (including phenoxy) is 1. The number of halogens is 1. The highest BCUT2D eigenvalue weighted by molar-refractivity contribution is 7.98. The van der Waals surface area contributed by atoms with E-state index in [4.69, 9.17) is 21.3 Å². The Kier molecular flexibility index (Phi) is 6.80. The fourth-order valence-corrected chi connectivity index (χ4v) is 4.80. The van der Waals surface area contributed by atoms with Crippen molar-refractivity contribution < 1.29 is 4.74 Å². The molecular weight excluding hydrogens is 430 g/mol. The Bertz CT molecular complexity index is 1250. The number of nitrogens with zero attached hydrogens (tertiary/aromatic N) is 3. The molecule has 0 aliphatic heterocycles. The summed E-state index contributed by atoms with van der Waals surface area (Å²) in [7, 11) is 3.57. The minimum absolute atomic E-state index is 0.0284. The van der Waals surface area contributed by atoms with Crippen molar-refractivity contribution >= 4 is 34.4 Å². The van der Waals surface area contributed by atoms with Crippen LogP contribution in [-0.4, -0.2) is 27.8 Å². The molecule has 0 aliphatic carbocycles. The van der Waals surface area contributed by atoms with E-state index >= 15 is 0 Å². The molecule has 0 aliphatic rings. The zero-order valence-corrected chi connectivity index (χ0v) is 19.1. The van der Waals surface area contributed by atoms with Crippen LogP contribution in [0.3, 0.4) is 0 Å². The van der Waals surface area contributed by atoms with Gasteiger partial charge in [0.1, 0.15) is 11.0 Å². The van der Waals surface area contributed by atoms with E-state index in [1.165, 1.54) is 0 Å². The van der Waals surface area contributed by atoms with Crippen LogP contribution in [0, 0.1) is 0 Å². The molecule has 2 aromatic heterocycles. The number of methoxy groups -OCH3 is 1. The maximum atomic E-state index is 13.5. The first-order valence-corrected chi connectivity index (χ1v) is 11.5. The predicted octanol–water partition coefficient (Wildman–Crippen LogP) is 5.38. The van der Waals surface area contributed by atoms with Crippen molar-refractivity contribution in [3.05, 3.63) is 81.7 Å². The van der Waals surface area contributed by atoms with Gasteiger partial charge in [-0.2, -0.15) is 0 Å². The van der Waals surface area contributed by atoms with Gasteiger partial charge in [0.2, 0.25) is 0 Å². The Balaban J connectivity index is 1.80. The molecule has 0 bridgehead atoms. The molecule has 4 rings (SSSR count). The Morgan fingerprint density at radius 2 is 1.94 bits per heavy atom. The minimum atomic E-state index is -0.0284. The van der Waals surface area contributed by atoms with E-state index in [9.17, 15) is 4.79 Å². The van der Waals surface area contributed by atoms with E-state index in [2.05, 4.69) is 0 Å². The van der Waals surface area contributed by atoms with Gasteiger partial charge < -0.3 is 9.30 Å². The van der Waals surface area contributed by atoms with Crippen LogP contribution in [-0.2, 0) is 24.1 Å². The first-order chi connectivity index (χ1) is 15.1. The molecule has 0 saturated heterocycles. The fourth-order valence-electron chi connectivity index (χ4n) is 3.63. The minimum Gasteiger partial charge on any atom is -0.385 e. The lowest BCUT2D eigenvalue weighted by molar-refractivity contribution is 0.189. The lowest BCUT2D eigenvalue weighted by Gasteiger charge is -2.13. The van der Waals surface area contributed by atoms with E-state index in [0.717, 1.165) is 28.6 Å². The highest BCUT2D eigenvalue weighted by Gasteiger charge is 2.18. The molecule has 4 aromatic rings. The molecule has 0 saturated carbocycles. The number of rotatable bonds is 8.